The lowest BCUT2D eigenvalue weighted by Crippen LogP contribution is -2.43. The molecule has 5 rings (SSSR count). The quantitative estimate of drug-likeness (QED) is 0.408. The number of likely N-dealkylation sites (tertiary alicyclic amines) is 1. The van der Waals surface area contributed by atoms with Gasteiger partial charge in [0.25, 0.3) is 5.56 Å². The third-order valence-electron chi connectivity index (χ3n) is 7.07. The van der Waals surface area contributed by atoms with Crippen LogP contribution in [0.1, 0.15) is 25.3 Å². The van der Waals surface area contributed by atoms with Crippen molar-refractivity contribution >= 4 is 16.9 Å². The van der Waals surface area contributed by atoms with Gasteiger partial charge in [0.05, 0.1) is 12.1 Å². The number of piperidine rings is 1. The number of nitrogens with one attached hydrogen (secondary N) is 1. The largest absolute Gasteiger partial charge is 0.486 e. The average molecular weight is 522 g/mol. The zero-order chi connectivity index (χ0) is 26.3. The van der Waals surface area contributed by atoms with Crippen LogP contribution in [-0.2, 0) is 22.6 Å². The van der Waals surface area contributed by atoms with Crippen molar-refractivity contribution in [3.8, 4) is 17.2 Å². The standard InChI is InChI=1S/C29H35N3O6/c1-2-35-29(34)20-38-25-5-3-4-24-23(25)7-9-28(33)32(24)15-14-31-12-10-22(11-13-31)30-19-21-6-8-26-27(18-21)37-17-16-36-26/h3-9,18,22,30H,2,10-17,19-20H2,1H3. The molecule has 0 aliphatic carbocycles. The first-order valence-electron chi connectivity index (χ1n) is 13.4. The van der Waals surface area contributed by atoms with Crippen molar-refractivity contribution in [3.05, 3.63) is 64.4 Å². The first-order valence-corrected chi connectivity index (χ1v) is 13.4. The van der Waals surface area contributed by atoms with Gasteiger partial charge >= 0.3 is 5.97 Å². The van der Waals surface area contributed by atoms with Crippen LogP contribution in [0.3, 0.4) is 0 Å². The van der Waals surface area contributed by atoms with Gasteiger partial charge in [0.2, 0.25) is 0 Å². The maximum absolute atomic E-state index is 12.7. The smallest absolute Gasteiger partial charge is 0.344 e. The molecule has 0 bridgehead atoms. The van der Waals surface area contributed by atoms with Crippen molar-refractivity contribution in [3.63, 3.8) is 0 Å². The monoisotopic (exact) mass is 521 g/mol. The van der Waals surface area contributed by atoms with E-state index in [9.17, 15) is 9.59 Å². The number of benzene rings is 2. The molecule has 0 atom stereocenters. The van der Waals surface area contributed by atoms with E-state index in [4.69, 9.17) is 18.9 Å². The molecule has 2 aliphatic heterocycles. The lowest BCUT2D eigenvalue weighted by Gasteiger charge is -2.32. The molecule has 2 aromatic carbocycles. The Hall–Kier alpha value is -3.56. The first-order chi connectivity index (χ1) is 18.6. The third-order valence-corrected chi connectivity index (χ3v) is 7.07. The predicted octanol–water partition coefficient (Wildman–Crippen LogP) is 2.97. The third kappa shape index (κ3) is 6.28. The molecule has 1 N–H and O–H groups in total. The van der Waals surface area contributed by atoms with Crippen molar-refractivity contribution in [1.29, 1.82) is 0 Å². The SMILES string of the molecule is CCOC(=O)COc1cccc2c1ccc(=O)n2CCN1CCC(NCc2ccc3c(c2)OCCO3)CC1. The van der Waals surface area contributed by atoms with E-state index in [2.05, 4.69) is 22.3 Å². The molecule has 38 heavy (non-hydrogen) atoms. The number of esters is 1. The summed E-state index contributed by atoms with van der Waals surface area (Å²) in [5.74, 6) is 1.79. The van der Waals surface area contributed by atoms with Gasteiger partial charge in [-0.15, -0.1) is 0 Å². The summed E-state index contributed by atoms with van der Waals surface area (Å²) in [5, 5.41) is 4.49. The summed E-state index contributed by atoms with van der Waals surface area (Å²) < 4.78 is 23.7. The molecule has 0 unspecified atom stereocenters. The van der Waals surface area contributed by atoms with Crippen LogP contribution in [-0.4, -0.2) is 67.5 Å². The highest BCUT2D eigenvalue weighted by molar-refractivity contribution is 5.86. The number of hydrogen-bond donors (Lipinski definition) is 1. The van der Waals surface area contributed by atoms with Gasteiger partial charge in [0.1, 0.15) is 19.0 Å². The minimum Gasteiger partial charge on any atom is -0.486 e. The summed E-state index contributed by atoms with van der Waals surface area (Å²) in [5.41, 5.74) is 1.95. The van der Waals surface area contributed by atoms with Gasteiger partial charge in [-0.25, -0.2) is 4.79 Å². The van der Waals surface area contributed by atoms with Crippen LogP contribution in [0.25, 0.3) is 10.9 Å². The van der Waals surface area contributed by atoms with E-state index in [-0.39, 0.29) is 12.2 Å². The summed E-state index contributed by atoms with van der Waals surface area (Å²) in [7, 11) is 0. The Morgan fingerprint density at radius 1 is 1.03 bits per heavy atom. The number of rotatable bonds is 10. The fraction of sp³-hybridized carbons (Fsp3) is 0.448. The van der Waals surface area contributed by atoms with E-state index in [0.29, 0.717) is 38.2 Å². The normalized spacial score (nSPS) is 15.9. The van der Waals surface area contributed by atoms with Crippen molar-refractivity contribution in [2.75, 3.05) is 46.1 Å². The molecule has 1 saturated heterocycles. The zero-order valence-corrected chi connectivity index (χ0v) is 21.8. The Kier molecular flexibility index (Phi) is 8.45. The Labute approximate surface area is 222 Å². The second-order valence-electron chi connectivity index (χ2n) is 9.58. The van der Waals surface area contributed by atoms with Gasteiger partial charge in [-0.3, -0.25) is 4.79 Å². The summed E-state index contributed by atoms with van der Waals surface area (Å²) in [4.78, 5) is 26.9. The van der Waals surface area contributed by atoms with Crippen molar-refractivity contribution in [2.45, 2.75) is 38.9 Å². The van der Waals surface area contributed by atoms with Crippen molar-refractivity contribution < 1.29 is 23.7 Å². The lowest BCUT2D eigenvalue weighted by atomic mass is 10.0. The summed E-state index contributed by atoms with van der Waals surface area (Å²) >= 11 is 0. The number of carbonyl (C=O) groups excluding carboxylic acids is 1. The van der Waals surface area contributed by atoms with Gasteiger partial charge in [0, 0.05) is 37.1 Å². The average Bonchev–Trinajstić information content (AvgIpc) is 2.95. The highest BCUT2D eigenvalue weighted by atomic mass is 16.6. The fourth-order valence-corrected chi connectivity index (χ4v) is 5.06. The van der Waals surface area contributed by atoms with Gasteiger partial charge in [-0.05, 0) is 68.8 Å². The molecule has 1 fully saturated rings. The van der Waals surface area contributed by atoms with E-state index in [1.54, 1.807) is 29.7 Å². The van der Waals surface area contributed by atoms with E-state index in [0.717, 1.165) is 61.4 Å². The van der Waals surface area contributed by atoms with Gasteiger partial charge in [-0.1, -0.05) is 12.1 Å². The van der Waals surface area contributed by atoms with Crippen LogP contribution < -0.4 is 25.1 Å². The molecule has 0 radical (unpaired) electrons. The number of hydrogen-bond acceptors (Lipinski definition) is 8. The molecule has 2 aliphatic rings. The maximum atomic E-state index is 12.7. The number of carbonyl (C=O) groups is 1. The molecule has 9 nitrogen and oxygen atoms in total. The highest BCUT2D eigenvalue weighted by Gasteiger charge is 2.20. The van der Waals surface area contributed by atoms with E-state index in [1.807, 2.05) is 18.2 Å². The molecule has 3 aromatic rings. The zero-order valence-electron chi connectivity index (χ0n) is 21.8. The molecular formula is C29H35N3O6. The first kappa shape index (κ1) is 26.1. The molecule has 3 heterocycles. The predicted molar refractivity (Wildman–Crippen MR) is 144 cm³/mol. The minimum atomic E-state index is -0.415. The molecule has 0 saturated carbocycles. The molecule has 202 valence electrons. The second-order valence-corrected chi connectivity index (χ2v) is 9.58. The van der Waals surface area contributed by atoms with Crippen LogP contribution in [0.4, 0.5) is 0 Å². The molecule has 1 aromatic heterocycles. The Morgan fingerprint density at radius 3 is 2.66 bits per heavy atom. The van der Waals surface area contributed by atoms with Crippen LogP contribution in [0.2, 0.25) is 0 Å². The van der Waals surface area contributed by atoms with Crippen molar-refractivity contribution in [1.82, 2.24) is 14.8 Å². The topological polar surface area (TPSA) is 91.3 Å². The number of pyridine rings is 1. The molecule has 0 spiro atoms. The number of aromatic nitrogens is 1. The molecule has 0 amide bonds. The van der Waals surface area contributed by atoms with Crippen LogP contribution in [0.5, 0.6) is 17.2 Å². The fourth-order valence-electron chi connectivity index (χ4n) is 5.06. The number of nitrogens with zero attached hydrogens (tertiary/aromatic N) is 2. The lowest BCUT2D eigenvalue weighted by molar-refractivity contribution is -0.145. The van der Waals surface area contributed by atoms with E-state index in [1.165, 1.54) is 5.56 Å². The molecular weight excluding hydrogens is 486 g/mol. The molecule has 9 heteroatoms. The van der Waals surface area contributed by atoms with Crippen LogP contribution in [0.15, 0.2) is 53.3 Å². The highest BCUT2D eigenvalue weighted by Crippen LogP contribution is 2.31. The van der Waals surface area contributed by atoms with E-state index < -0.39 is 5.97 Å². The summed E-state index contributed by atoms with van der Waals surface area (Å²) in [6.45, 7) is 7.24. The van der Waals surface area contributed by atoms with Gasteiger partial charge in [0.15, 0.2) is 18.1 Å². The summed E-state index contributed by atoms with van der Waals surface area (Å²) in [6, 6.07) is 15.5. The van der Waals surface area contributed by atoms with Crippen molar-refractivity contribution in [2.24, 2.45) is 0 Å². The minimum absolute atomic E-state index is 0.0453. The van der Waals surface area contributed by atoms with Gasteiger partial charge < -0.3 is 33.7 Å². The Bertz CT molecular complexity index is 1320. The second kappa shape index (κ2) is 12.3. The maximum Gasteiger partial charge on any atom is 0.344 e. The number of fused-ring (bicyclic) bond motifs is 2. The Morgan fingerprint density at radius 2 is 1.84 bits per heavy atom. The number of ether oxygens (including phenoxy) is 4. The van der Waals surface area contributed by atoms with Crippen LogP contribution >= 0.6 is 0 Å². The van der Waals surface area contributed by atoms with E-state index >= 15 is 0 Å². The summed E-state index contributed by atoms with van der Waals surface area (Å²) in [6.07, 6.45) is 2.11. The van der Waals surface area contributed by atoms with Gasteiger partial charge in [-0.2, -0.15) is 0 Å². The van der Waals surface area contributed by atoms with Crippen LogP contribution in [0, 0.1) is 0 Å². The Balaban J connectivity index is 1.13.